The summed E-state index contributed by atoms with van der Waals surface area (Å²) in [4.78, 5) is 13.5. The van der Waals surface area contributed by atoms with E-state index in [0.29, 0.717) is 6.42 Å². The number of β-lactam (4-membered cyclic amide) rings is 1. The van der Waals surface area contributed by atoms with Crippen LogP contribution in [0.3, 0.4) is 0 Å². The molecule has 1 fully saturated rings. The van der Waals surface area contributed by atoms with Crippen molar-refractivity contribution < 1.29 is 13.9 Å². The third-order valence-electron chi connectivity index (χ3n) is 3.55. The number of carbonyl (C=O) groups excluding carboxylic acids is 1. The maximum absolute atomic E-state index is 13.0. The van der Waals surface area contributed by atoms with Gasteiger partial charge in [-0.3, -0.25) is 4.79 Å². The molecule has 3 nitrogen and oxygen atoms in total. The summed E-state index contributed by atoms with van der Waals surface area (Å²) in [5, 5.41) is 0. The zero-order valence-corrected chi connectivity index (χ0v) is 11.0. The summed E-state index contributed by atoms with van der Waals surface area (Å²) >= 11 is 0. The van der Waals surface area contributed by atoms with Gasteiger partial charge in [0.05, 0.1) is 19.6 Å². The molecule has 1 aliphatic rings. The van der Waals surface area contributed by atoms with Gasteiger partial charge in [-0.25, -0.2) is 4.39 Å². The Kier molecular flexibility index (Phi) is 3.14. The predicted octanol–water partition coefficient (Wildman–Crippen LogP) is 3.31. The topological polar surface area (TPSA) is 29.5 Å². The minimum absolute atomic E-state index is 0.0128. The van der Waals surface area contributed by atoms with Crippen molar-refractivity contribution in [3.05, 3.63) is 59.9 Å². The second-order valence-corrected chi connectivity index (χ2v) is 4.73. The first-order valence-electron chi connectivity index (χ1n) is 6.40. The molecule has 1 heterocycles. The Morgan fingerprint density at radius 3 is 2.30 bits per heavy atom. The first kappa shape index (κ1) is 12.7. The molecule has 0 radical (unpaired) electrons. The van der Waals surface area contributed by atoms with E-state index in [-0.39, 0.29) is 17.8 Å². The molecule has 0 aliphatic carbocycles. The van der Waals surface area contributed by atoms with E-state index in [1.54, 1.807) is 24.1 Å². The van der Waals surface area contributed by atoms with E-state index in [1.807, 2.05) is 24.3 Å². The average Bonchev–Trinajstić information content (AvgIpc) is 2.47. The fourth-order valence-corrected chi connectivity index (χ4v) is 2.44. The maximum atomic E-state index is 13.0. The lowest BCUT2D eigenvalue weighted by molar-refractivity contribution is -0.124. The zero-order chi connectivity index (χ0) is 14.1. The Morgan fingerprint density at radius 2 is 1.75 bits per heavy atom. The molecule has 2 aromatic carbocycles. The molecule has 0 saturated carbocycles. The van der Waals surface area contributed by atoms with Crippen LogP contribution in [0.5, 0.6) is 5.75 Å². The van der Waals surface area contributed by atoms with Gasteiger partial charge in [0.15, 0.2) is 0 Å². The molecular weight excluding hydrogens is 257 g/mol. The van der Waals surface area contributed by atoms with E-state index in [2.05, 4.69) is 0 Å². The van der Waals surface area contributed by atoms with Crippen LogP contribution in [-0.2, 0) is 4.79 Å². The number of hydrogen-bond acceptors (Lipinski definition) is 2. The van der Waals surface area contributed by atoms with Gasteiger partial charge in [0, 0.05) is 5.69 Å². The molecule has 0 bridgehead atoms. The molecule has 0 N–H and O–H groups in total. The third-order valence-corrected chi connectivity index (χ3v) is 3.55. The standard InChI is InChI=1S/C16H14FNO2/c1-20-14-8-2-11(3-9-14)15-10-16(19)18(15)13-6-4-12(17)5-7-13/h2-9,15H,10H2,1H3/t15-/m0/s1. The fraction of sp³-hybridized carbons (Fsp3) is 0.188. The highest BCUT2D eigenvalue weighted by Gasteiger charge is 2.38. The van der Waals surface area contributed by atoms with Gasteiger partial charge in [-0.1, -0.05) is 12.1 Å². The summed E-state index contributed by atoms with van der Waals surface area (Å²) in [5.41, 5.74) is 1.78. The first-order valence-corrected chi connectivity index (χ1v) is 6.40. The van der Waals surface area contributed by atoms with Gasteiger partial charge < -0.3 is 9.64 Å². The van der Waals surface area contributed by atoms with Crippen molar-refractivity contribution >= 4 is 11.6 Å². The number of methoxy groups -OCH3 is 1. The van der Waals surface area contributed by atoms with Crippen LogP contribution in [0.1, 0.15) is 18.0 Å². The lowest BCUT2D eigenvalue weighted by Crippen LogP contribution is -2.46. The van der Waals surface area contributed by atoms with Crippen molar-refractivity contribution in [1.82, 2.24) is 0 Å². The number of amides is 1. The quantitative estimate of drug-likeness (QED) is 0.801. The number of ether oxygens (including phenoxy) is 1. The highest BCUT2D eigenvalue weighted by Crippen LogP contribution is 2.39. The Bertz CT molecular complexity index is 622. The number of carbonyl (C=O) groups is 1. The molecule has 20 heavy (non-hydrogen) atoms. The number of benzene rings is 2. The van der Waals surface area contributed by atoms with E-state index in [1.165, 1.54) is 12.1 Å². The molecule has 0 spiro atoms. The molecule has 3 rings (SSSR count). The number of rotatable bonds is 3. The van der Waals surface area contributed by atoms with Crippen LogP contribution in [0.15, 0.2) is 48.5 Å². The number of nitrogens with zero attached hydrogens (tertiary/aromatic N) is 1. The van der Waals surface area contributed by atoms with Gasteiger partial charge in [0.1, 0.15) is 11.6 Å². The molecule has 0 unspecified atom stereocenters. The minimum Gasteiger partial charge on any atom is -0.497 e. The van der Waals surface area contributed by atoms with Crippen LogP contribution in [0.2, 0.25) is 0 Å². The van der Waals surface area contributed by atoms with Gasteiger partial charge in [0.2, 0.25) is 5.91 Å². The Hall–Kier alpha value is -2.36. The Balaban J connectivity index is 1.86. The largest absolute Gasteiger partial charge is 0.497 e. The van der Waals surface area contributed by atoms with Crippen LogP contribution in [-0.4, -0.2) is 13.0 Å². The average molecular weight is 271 g/mol. The molecule has 4 heteroatoms. The van der Waals surface area contributed by atoms with Crippen molar-refractivity contribution in [2.24, 2.45) is 0 Å². The second kappa shape index (κ2) is 4.96. The van der Waals surface area contributed by atoms with Crippen LogP contribution >= 0.6 is 0 Å². The van der Waals surface area contributed by atoms with E-state index in [4.69, 9.17) is 4.74 Å². The highest BCUT2D eigenvalue weighted by molar-refractivity contribution is 6.01. The fourth-order valence-electron chi connectivity index (χ4n) is 2.44. The Labute approximate surface area is 116 Å². The molecule has 0 aromatic heterocycles. The minimum atomic E-state index is -0.303. The second-order valence-electron chi connectivity index (χ2n) is 4.73. The molecule has 1 amide bonds. The smallest absolute Gasteiger partial charge is 0.230 e. The summed E-state index contributed by atoms with van der Waals surface area (Å²) in [6.45, 7) is 0. The van der Waals surface area contributed by atoms with Crippen molar-refractivity contribution in [3.8, 4) is 5.75 Å². The van der Waals surface area contributed by atoms with E-state index in [9.17, 15) is 9.18 Å². The van der Waals surface area contributed by atoms with E-state index < -0.39 is 0 Å². The van der Waals surface area contributed by atoms with E-state index in [0.717, 1.165) is 17.0 Å². The summed E-state index contributed by atoms with van der Waals surface area (Å²) in [5.74, 6) is 0.535. The maximum Gasteiger partial charge on any atom is 0.230 e. The molecule has 1 aliphatic heterocycles. The van der Waals surface area contributed by atoms with Gasteiger partial charge >= 0.3 is 0 Å². The normalized spacial score (nSPS) is 17.8. The number of anilines is 1. The van der Waals surface area contributed by atoms with Crippen molar-refractivity contribution in [3.63, 3.8) is 0 Å². The van der Waals surface area contributed by atoms with E-state index >= 15 is 0 Å². The molecular formula is C16H14FNO2. The number of halogens is 1. The highest BCUT2D eigenvalue weighted by atomic mass is 19.1. The lowest BCUT2D eigenvalue weighted by Gasteiger charge is -2.40. The Morgan fingerprint density at radius 1 is 1.10 bits per heavy atom. The predicted molar refractivity (Wildman–Crippen MR) is 74.2 cm³/mol. The van der Waals surface area contributed by atoms with Crippen LogP contribution in [0, 0.1) is 5.82 Å². The first-order chi connectivity index (χ1) is 9.69. The third kappa shape index (κ3) is 2.13. The summed E-state index contributed by atoms with van der Waals surface area (Å²) in [7, 11) is 1.62. The van der Waals surface area contributed by atoms with Gasteiger partial charge in [-0.05, 0) is 42.0 Å². The molecule has 102 valence electrons. The summed E-state index contributed by atoms with van der Waals surface area (Å²) in [6, 6.07) is 13.7. The van der Waals surface area contributed by atoms with Crippen molar-refractivity contribution in [2.75, 3.05) is 12.0 Å². The van der Waals surface area contributed by atoms with Gasteiger partial charge in [-0.2, -0.15) is 0 Å². The van der Waals surface area contributed by atoms with Gasteiger partial charge in [-0.15, -0.1) is 0 Å². The molecule has 2 aromatic rings. The van der Waals surface area contributed by atoms with Crippen molar-refractivity contribution in [1.29, 1.82) is 0 Å². The van der Waals surface area contributed by atoms with Crippen LogP contribution in [0.4, 0.5) is 10.1 Å². The molecule has 1 atom stereocenters. The molecule has 1 saturated heterocycles. The number of hydrogen-bond donors (Lipinski definition) is 0. The van der Waals surface area contributed by atoms with Crippen molar-refractivity contribution in [2.45, 2.75) is 12.5 Å². The van der Waals surface area contributed by atoms with Crippen LogP contribution < -0.4 is 9.64 Å². The SMILES string of the molecule is COc1ccc([C@@H]2CC(=O)N2c2ccc(F)cc2)cc1. The lowest BCUT2D eigenvalue weighted by atomic mass is 9.93. The van der Waals surface area contributed by atoms with Gasteiger partial charge in [0.25, 0.3) is 0 Å². The zero-order valence-electron chi connectivity index (χ0n) is 11.0. The monoisotopic (exact) mass is 271 g/mol. The summed E-state index contributed by atoms with van der Waals surface area (Å²) in [6.07, 6.45) is 0.476. The summed E-state index contributed by atoms with van der Waals surface area (Å²) < 4.78 is 18.1. The van der Waals surface area contributed by atoms with Crippen LogP contribution in [0.25, 0.3) is 0 Å².